The minimum absolute atomic E-state index is 0.264. The Hall–Kier alpha value is -3.10. The summed E-state index contributed by atoms with van der Waals surface area (Å²) < 4.78 is 10.5. The first-order valence-corrected chi connectivity index (χ1v) is 10.3. The summed E-state index contributed by atoms with van der Waals surface area (Å²) in [5.41, 5.74) is -0.685. The van der Waals surface area contributed by atoms with E-state index in [2.05, 4.69) is 17.6 Å². The number of carbonyl (C=O) groups excluding carboxylic acids is 4. The maximum Gasteiger partial charge on any atom is 0.326 e. The van der Waals surface area contributed by atoms with Crippen LogP contribution in [-0.4, -0.2) is 55.0 Å². The molecular weight excluding hydrogens is 390 g/mol. The fourth-order valence-corrected chi connectivity index (χ4v) is 3.67. The van der Waals surface area contributed by atoms with E-state index in [4.69, 9.17) is 9.47 Å². The number of nitrogens with one attached hydrogen (secondary N) is 2. The number of para-hydroxylation sites is 1. The highest BCUT2D eigenvalue weighted by molar-refractivity contribution is 6.09. The van der Waals surface area contributed by atoms with Gasteiger partial charge in [-0.15, -0.1) is 0 Å². The summed E-state index contributed by atoms with van der Waals surface area (Å²) >= 11 is 0. The van der Waals surface area contributed by atoms with Crippen molar-refractivity contribution >= 4 is 23.8 Å². The number of unbranched alkanes of at least 4 members (excludes halogenated alkanes) is 3. The minimum Gasteiger partial charge on any atom is -0.493 e. The molecule has 1 atom stereocenters. The first kappa shape index (κ1) is 21.6. The summed E-state index contributed by atoms with van der Waals surface area (Å²) in [4.78, 5) is 50.2. The van der Waals surface area contributed by atoms with Gasteiger partial charge < -0.3 is 20.1 Å². The van der Waals surface area contributed by atoms with E-state index in [1.54, 1.807) is 24.3 Å². The van der Waals surface area contributed by atoms with E-state index in [0.717, 1.165) is 30.6 Å². The molecule has 9 heteroatoms. The highest BCUT2D eigenvalue weighted by Gasteiger charge is 2.55. The first-order chi connectivity index (χ1) is 14.5. The molecule has 0 radical (unpaired) electrons. The van der Waals surface area contributed by atoms with Crippen LogP contribution in [0.4, 0.5) is 4.79 Å². The van der Waals surface area contributed by atoms with Crippen LogP contribution in [0.5, 0.6) is 5.75 Å². The molecule has 162 valence electrons. The smallest absolute Gasteiger partial charge is 0.326 e. The second kappa shape index (κ2) is 9.60. The summed E-state index contributed by atoms with van der Waals surface area (Å²) in [5.74, 6) is -1.23. The van der Waals surface area contributed by atoms with Gasteiger partial charge >= 0.3 is 12.0 Å². The summed E-state index contributed by atoms with van der Waals surface area (Å²) in [5, 5.41) is 5.39. The Bertz CT molecular complexity index is 827. The fraction of sp³-hybridized carbons (Fsp3) is 0.524. The topological polar surface area (TPSA) is 114 Å². The molecule has 0 bridgehead atoms. The summed E-state index contributed by atoms with van der Waals surface area (Å²) in [6.07, 6.45) is 4.37. The normalized spacial score (nSPS) is 19.8. The van der Waals surface area contributed by atoms with E-state index in [-0.39, 0.29) is 13.0 Å². The van der Waals surface area contributed by atoms with Crippen molar-refractivity contribution in [2.24, 2.45) is 0 Å². The number of hydrogen-bond donors (Lipinski definition) is 2. The number of imide groups is 1. The van der Waals surface area contributed by atoms with Gasteiger partial charge in [-0.05, 0) is 12.5 Å². The Morgan fingerprint density at radius 1 is 1.23 bits per heavy atom. The molecule has 9 nitrogen and oxygen atoms in total. The quantitative estimate of drug-likeness (QED) is 0.357. The minimum atomic E-state index is -1.25. The number of hydrogen-bond acceptors (Lipinski definition) is 6. The van der Waals surface area contributed by atoms with Crippen molar-refractivity contribution in [3.05, 3.63) is 29.8 Å². The molecule has 2 aliphatic heterocycles. The van der Waals surface area contributed by atoms with E-state index < -0.39 is 42.5 Å². The number of esters is 1. The van der Waals surface area contributed by atoms with Crippen LogP contribution >= 0.6 is 0 Å². The molecule has 2 N–H and O–H groups in total. The molecule has 4 amide bonds. The molecule has 1 spiro atoms. The maximum atomic E-state index is 13.1. The number of urea groups is 1. The molecule has 0 aromatic heterocycles. The lowest BCUT2D eigenvalue weighted by molar-refractivity contribution is -0.151. The fourth-order valence-electron chi connectivity index (χ4n) is 3.67. The summed E-state index contributed by atoms with van der Waals surface area (Å²) in [6, 6.07) is 6.32. The highest BCUT2D eigenvalue weighted by atomic mass is 16.5. The summed E-state index contributed by atoms with van der Waals surface area (Å²) in [7, 11) is 0. The Kier molecular flexibility index (Phi) is 6.91. The molecule has 3 rings (SSSR count). The zero-order chi connectivity index (χ0) is 21.6. The molecule has 0 saturated carbocycles. The van der Waals surface area contributed by atoms with Gasteiger partial charge in [-0.1, -0.05) is 44.4 Å². The van der Waals surface area contributed by atoms with Gasteiger partial charge in [0, 0.05) is 18.5 Å². The zero-order valence-corrected chi connectivity index (χ0v) is 17.1. The van der Waals surface area contributed by atoms with Crippen LogP contribution in [0.1, 0.15) is 44.6 Å². The number of fused-ring (bicyclic) bond motifs is 2. The van der Waals surface area contributed by atoms with Crippen LogP contribution < -0.4 is 15.4 Å². The number of nitrogens with zero attached hydrogens (tertiary/aromatic N) is 1. The average molecular weight is 417 g/mol. The maximum absolute atomic E-state index is 13.1. The van der Waals surface area contributed by atoms with Crippen molar-refractivity contribution in [2.75, 3.05) is 26.3 Å². The highest BCUT2D eigenvalue weighted by Crippen LogP contribution is 2.40. The van der Waals surface area contributed by atoms with Crippen LogP contribution in [0.3, 0.4) is 0 Å². The average Bonchev–Trinajstić information content (AvgIpc) is 2.97. The Morgan fingerprint density at radius 2 is 2.03 bits per heavy atom. The van der Waals surface area contributed by atoms with Gasteiger partial charge in [-0.2, -0.15) is 0 Å². The van der Waals surface area contributed by atoms with Gasteiger partial charge in [0.15, 0.2) is 12.1 Å². The molecule has 1 aromatic carbocycles. The van der Waals surface area contributed by atoms with Gasteiger partial charge in [0.05, 0.1) is 6.61 Å². The van der Waals surface area contributed by atoms with Crippen molar-refractivity contribution in [1.82, 2.24) is 15.5 Å². The number of amides is 4. The van der Waals surface area contributed by atoms with Gasteiger partial charge in [-0.3, -0.25) is 19.3 Å². The second-order valence-electron chi connectivity index (χ2n) is 7.39. The molecule has 1 fully saturated rings. The molecule has 2 heterocycles. The van der Waals surface area contributed by atoms with Crippen molar-refractivity contribution in [2.45, 2.75) is 44.6 Å². The van der Waals surface area contributed by atoms with Crippen LogP contribution in [0.2, 0.25) is 0 Å². The standard InChI is InChI=1S/C21H27N3O6/c1-2-3-4-7-11-22-17(25)14-30-18(26)13-24-19(27)21(23-20(24)28)10-12-29-16-9-6-5-8-15(16)21/h5-6,8-9H,2-4,7,10-14H2,1H3,(H,22,25)(H,23,28)/t21-/m1/s1. The molecule has 1 aromatic rings. The van der Waals surface area contributed by atoms with Gasteiger partial charge in [0.25, 0.3) is 11.8 Å². The van der Waals surface area contributed by atoms with Crippen LogP contribution in [0, 0.1) is 0 Å². The summed E-state index contributed by atoms with van der Waals surface area (Å²) in [6.45, 7) is 1.89. The van der Waals surface area contributed by atoms with Crippen LogP contribution in [-0.2, 0) is 24.7 Å². The third kappa shape index (κ3) is 4.55. The third-order valence-electron chi connectivity index (χ3n) is 5.26. The zero-order valence-electron chi connectivity index (χ0n) is 17.1. The predicted octanol–water partition coefficient (Wildman–Crippen LogP) is 1.46. The van der Waals surface area contributed by atoms with Crippen molar-refractivity contribution in [3.63, 3.8) is 0 Å². The van der Waals surface area contributed by atoms with Crippen molar-refractivity contribution < 1.29 is 28.7 Å². The lowest BCUT2D eigenvalue weighted by atomic mass is 9.84. The third-order valence-corrected chi connectivity index (χ3v) is 5.26. The number of ether oxygens (including phenoxy) is 2. The second-order valence-corrected chi connectivity index (χ2v) is 7.39. The molecule has 30 heavy (non-hydrogen) atoms. The molecular formula is C21H27N3O6. The van der Waals surface area contributed by atoms with Gasteiger partial charge in [0.2, 0.25) is 0 Å². The Balaban J connectivity index is 1.53. The first-order valence-electron chi connectivity index (χ1n) is 10.3. The lowest BCUT2D eigenvalue weighted by Gasteiger charge is -2.33. The van der Waals surface area contributed by atoms with E-state index in [9.17, 15) is 19.2 Å². The van der Waals surface area contributed by atoms with Gasteiger partial charge in [-0.25, -0.2) is 4.79 Å². The van der Waals surface area contributed by atoms with Crippen molar-refractivity contribution in [1.29, 1.82) is 0 Å². The van der Waals surface area contributed by atoms with Crippen molar-refractivity contribution in [3.8, 4) is 5.75 Å². The largest absolute Gasteiger partial charge is 0.493 e. The Labute approximate surface area is 175 Å². The lowest BCUT2D eigenvalue weighted by Crippen LogP contribution is -2.47. The molecule has 0 unspecified atom stereocenters. The molecule has 1 saturated heterocycles. The predicted molar refractivity (Wildman–Crippen MR) is 107 cm³/mol. The van der Waals surface area contributed by atoms with Crippen LogP contribution in [0.25, 0.3) is 0 Å². The molecule has 0 aliphatic carbocycles. The van der Waals surface area contributed by atoms with E-state index >= 15 is 0 Å². The SMILES string of the molecule is CCCCCCNC(=O)COC(=O)CN1C(=O)N[C@@]2(CCOc3ccccc32)C1=O. The Morgan fingerprint density at radius 3 is 2.83 bits per heavy atom. The monoisotopic (exact) mass is 417 g/mol. The van der Waals surface area contributed by atoms with E-state index in [1.807, 2.05) is 0 Å². The van der Waals surface area contributed by atoms with Crippen LogP contribution in [0.15, 0.2) is 24.3 Å². The van der Waals surface area contributed by atoms with Gasteiger partial charge in [0.1, 0.15) is 12.3 Å². The number of benzene rings is 1. The van der Waals surface area contributed by atoms with E-state index in [1.165, 1.54) is 0 Å². The number of rotatable bonds is 9. The molecule has 2 aliphatic rings. The van der Waals surface area contributed by atoms with E-state index in [0.29, 0.717) is 17.9 Å². The number of carbonyl (C=O) groups is 4.